The van der Waals surface area contributed by atoms with Crippen molar-refractivity contribution in [2.24, 2.45) is 0 Å². The van der Waals surface area contributed by atoms with Crippen LogP contribution in [0.15, 0.2) is 0 Å². The molecule has 0 aliphatic rings. The summed E-state index contributed by atoms with van der Waals surface area (Å²) in [6, 6.07) is 0.320. The summed E-state index contributed by atoms with van der Waals surface area (Å²) in [5.41, 5.74) is 0. The smallest absolute Gasteiger partial charge is 0.319 e. The summed E-state index contributed by atoms with van der Waals surface area (Å²) in [6.45, 7) is 12.8. The van der Waals surface area contributed by atoms with Crippen molar-refractivity contribution in [2.45, 2.75) is 130 Å². The number of unbranched alkanes of at least 4 members (excludes halogenated alkanes) is 12. The molecule has 0 aromatic carbocycles. The molecule has 0 rings (SSSR count). The molecule has 0 aromatic rings. The highest BCUT2D eigenvalue weighted by molar-refractivity contribution is 5.74. The van der Waals surface area contributed by atoms with E-state index in [-0.39, 0.29) is 0 Å². The molecule has 0 saturated carbocycles. The summed E-state index contributed by atoms with van der Waals surface area (Å²) in [6.07, 6.45) is 19.8. The van der Waals surface area contributed by atoms with Gasteiger partial charge in [0.05, 0.1) is 0 Å². The van der Waals surface area contributed by atoms with Crippen molar-refractivity contribution in [2.75, 3.05) is 26.2 Å². The SMILES string of the molecule is CCCCCCN(CCCCCC)C(=O)N(CCCCCC)CCCCCC. The number of rotatable bonds is 20. The number of carbonyl (C=O) groups is 1. The molecular weight excluding hydrogens is 344 g/mol. The standard InChI is InChI=1S/C25H52N2O/c1-5-9-13-17-21-26(22-18-14-10-6-2)25(28)27(23-19-15-11-7-3)24-20-16-12-8-4/h5-24H2,1-4H3. The van der Waals surface area contributed by atoms with E-state index in [2.05, 4.69) is 37.5 Å². The number of nitrogens with zero attached hydrogens (tertiary/aromatic N) is 2. The Morgan fingerprint density at radius 3 is 0.893 bits per heavy atom. The van der Waals surface area contributed by atoms with E-state index in [0.29, 0.717) is 6.03 Å². The van der Waals surface area contributed by atoms with Crippen LogP contribution < -0.4 is 0 Å². The number of hydrogen-bond donors (Lipinski definition) is 0. The molecule has 0 unspecified atom stereocenters. The van der Waals surface area contributed by atoms with Crippen molar-refractivity contribution in [3.8, 4) is 0 Å². The first-order chi connectivity index (χ1) is 13.7. The van der Waals surface area contributed by atoms with Crippen LogP contribution in [0.3, 0.4) is 0 Å². The Hall–Kier alpha value is -0.730. The zero-order valence-electron chi connectivity index (χ0n) is 19.9. The van der Waals surface area contributed by atoms with Gasteiger partial charge in [-0.2, -0.15) is 0 Å². The normalized spacial score (nSPS) is 11.0. The highest BCUT2D eigenvalue weighted by atomic mass is 16.2. The summed E-state index contributed by atoms with van der Waals surface area (Å²) < 4.78 is 0. The van der Waals surface area contributed by atoms with E-state index in [4.69, 9.17) is 0 Å². The lowest BCUT2D eigenvalue weighted by Crippen LogP contribution is -2.45. The van der Waals surface area contributed by atoms with E-state index in [0.717, 1.165) is 51.9 Å². The van der Waals surface area contributed by atoms with Gasteiger partial charge in [0.25, 0.3) is 0 Å². The first-order valence-corrected chi connectivity index (χ1v) is 12.7. The van der Waals surface area contributed by atoms with E-state index in [9.17, 15) is 4.79 Å². The van der Waals surface area contributed by atoms with E-state index < -0.39 is 0 Å². The fourth-order valence-corrected chi connectivity index (χ4v) is 3.72. The average Bonchev–Trinajstić information content (AvgIpc) is 2.71. The van der Waals surface area contributed by atoms with Crippen LogP contribution in [0.4, 0.5) is 4.79 Å². The van der Waals surface area contributed by atoms with Gasteiger partial charge in [0.2, 0.25) is 0 Å². The fraction of sp³-hybridized carbons (Fsp3) is 0.960. The molecule has 0 aliphatic heterocycles. The molecule has 0 N–H and O–H groups in total. The summed E-state index contributed by atoms with van der Waals surface area (Å²) in [7, 11) is 0. The number of amides is 2. The maximum Gasteiger partial charge on any atom is 0.319 e. The third-order valence-corrected chi connectivity index (χ3v) is 5.67. The lowest BCUT2D eigenvalue weighted by molar-refractivity contribution is 0.148. The Balaban J connectivity index is 4.72. The van der Waals surface area contributed by atoms with Crippen molar-refractivity contribution in [1.29, 1.82) is 0 Å². The topological polar surface area (TPSA) is 23.6 Å². The molecule has 0 fully saturated rings. The Labute approximate surface area is 177 Å². The molecule has 0 spiro atoms. The first kappa shape index (κ1) is 27.3. The Morgan fingerprint density at radius 1 is 0.429 bits per heavy atom. The molecule has 28 heavy (non-hydrogen) atoms. The minimum absolute atomic E-state index is 0.320. The number of urea groups is 1. The Morgan fingerprint density at radius 2 is 0.679 bits per heavy atom. The minimum Gasteiger partial charge on any atom is -0.325 e. The summed E-state index contributed by atoms with van der Waals surface area (Å²) in [5, 5.41) is 0. The molecule has 0 radical (unpaired) electrons. The predicted molar refractivity (Wildman–Crippen MR) is 125 cm³/mol. The van der Waals surface area contributed by atoms with Gasteiger partial charge in [0.1, 0.15) is 0 Å². The Bertz CT molecular complexity index is 279. The third kappa shape index (κ3) is 15.2. The van der Waals surface area contributed by atoms with Gasteiger partial charge in [0.15, 0.2) is 0 Å². The average molecular weight is 397 g/mol. The van der Waals surface area contributed by atoms with Gasteiger partial charge >= 0.3 is 6.03 Å². The molecule has 3 heteroatoms. The number of carbonyl (C=O) groups excluding carboxylic acids is 1. The van der Waals surface area contributed by atoms with Crippen molar-refractivity contribution >= 4 is 6.03 Å². The fourth-order valence-electron chi connectivity index (χ4n) is 3.72. The molecule has 2 amide bonds. The second-order valence-electron chi connectivity index (χ2n) is 8.50. The van der Waals surface area contributed by atoms with Gasteiger partial charge in [-0.15, -0.1) is 0 Å². The molecular formula is C25H52N2O. The molecule has 0 aliphatic carbocycles. The van der Waals surface area contributed by atoms with Crippen LogP contribution in [0, 0.1) is 0 Å². The zero-order valence-corrected chi connectivity index (χ0v) is 19.9. The summed E-state index contributed by atoms with van der Waals surface area (Å²) in [4.78, 5) is 17.7. The first-order valence-electron chi connectivity index (χ1n) is 12.7. The molecule has 0 saturated heterocycles. The van der Waals surface area contributed by atoms with Gasteiger partial charge in [-0.3, -0.25) is 0 Å². The van der Waals surface area contributed by atoms with Crippen LogP contribution >= 0.6 is 0 Å². The van der Waals surface area contributed by atoms with Gasteiger partial charge in [-0.05, 0) is 25.7 Å². The van der Waals surface area contributed by atoms with Crippen LogP contribution in [-0.4, -0.2) is 42.0 Å². The maximum absolute atomic E-state index is 13.4. The van der Waals surface area contributed by atoms with Crippen LogP contribution in [0.5, 0.6) is 0 Å². The molecule has 168 valence electrons. The van der Waals surface area contributed by atoms with Crippen LogP contribution in [0.25, 0.3) is 0 Å². The molecule has 3 nitrogen and oxygen atoms in total. The predicted octanol–water partition coefficient (Wildman–Crippen LogP) is 8.03. The summed E-state index contributed by atoms with van der Waals surface area (Å²) in [5.74, 6) is 0. The monoisotopic (exact) mass is 396 g/mol. The van der Waals surface area contributed by atoms with Crippen molar-refractivity contribution < 1.29 is 4.79 Å². The van der Waals surface area contributed by atoms with Crippen LogP contribution in [0.2, 0.25) is 0 Å². The third-order valence-electron chi connectivity index (χ3n) is 5.67. The molecule has 0 atom stereocenters. The zero-order chi connectivity index (χ0) is 20.9. The van der Waals surface area contributed by atoms with E-state index in [1.54, 1.807) is 0 Å². The highest BCUT2D eigenvalue weighted by Crippen LogP contribution is 2.12. The number of hydrogen-bond acceptors (Lipinski definition) is 1. The van der Waals surface area contributed by atoms with Crippen molar-refractivity contribution in [3.05, 3.63) is 0 Å². The quantitative estimate of drug-likeness (QED) is 0.191. The maximum atomic E-state index is 13.4. The lowest BCUT2D eigenvalue weighted by Gasteiger charge is -2.31. The second kappa shape index (κ2) is 21.0. The summed E-state index contributed by atoms with van der Waals surface area (Å²) >= 11 is 0. The van der Waals surface area contributed by atoms with Crippen LogP contribution in [0.1, 0.15) is 130 Å². The van der Waals surface area contributed by atoms with Crippen LogP contribution in [-0.2, 0) is 0 Å². The van der Waals surface area contributed by atoms with Gasteiger partial charge in [-0.1, -0.05) is 105 Å². The Kier molecular flexibility index (Phi) is 20.4. The van der Waals surface area contributed by atoms with E-state index >= 15 is 0 Å². The van der Waals surface area contributed by atoms with Crippen molar-refractivity contribution in [3.63, 3.8) is 0 Å². The molecule has 0 heterocycles. The highest BCUT2D eigenvalue weighted by Gasteiger charge is 2.19. The second-order valence-corrected chi connectivity index (χ2v) is 8.50. The van der Waals surface area contributed by atoms with E-state index in [1.807, 2.05) is 0 Å². The van der Waals surface area contributed by atoms with Gasteiger partial charge in [0, 0.05) is 26.2 Å². The largest absolute Gasteiger partial charge is 0.325 e. The lowest BCUT2D eigenvalue weighted by atomic mass is 10.1. The van der Waals surface area contributed by atoms with E-state index in [1.165, 1.54) is 77.0 Å². The minimum atomic E-state index is 0.320. The van der Waals surface area contributed by atoms with Crippen molar-refractivity contribution in [1.82, 2.24) is 9.80 Å². The molecule has 0 bridgehead atoms. The molecule has 0 aromatic heterocycles. The van der Waals surface area contributed by atoms with Gasteiger partial charge in [-0.25, -0.2) is 4.79 Å². The van der Waals surface area contributed by atoms with Gasteiger partial charge < -0.3 is 9.80 Å².